The molecule has 0 radical (unpaired) electrons. The summed E-state index contributed by atoms with van der Waals surface area (Å²) in [7, 11) is 3.76. The second-order valence-corrected chi connectivity index (χ2v) is 4.44. The average Bonchev–Trinajstić information content (AvgIpc) is 2.57. The number of carbonyl (C=O) groups excluding carboxylic acids is 1. The van der Waals surface area contributed by atoms with E-state index in [2.05, 4.69) is 29.2 Å². The fourth-order valence-electron chi connectivity index (χ4n) is 1.37. The lowest BCUT2D eigenvalue weighted by molar-refractivity contribution is 0.0943. The van der Waals surface area contributed by atoms with E-state index < -0.39 is 0 Å². The first-order chi connectivity index (χ1) is 7.91. The number of aryl methyl sites for hydroxylation is 1. The topological polar surface area (TPSA) is 76.2 Å². The number of nitrogens with two attached hydrogens (primary N) is 1. The predicted octanol–water partition coefficient (Wildman–Crippen LogP) is 0.0723. The predicted molar refractivity (Wildman–Crippen MR) is 67.7 cm³/mol. The van der Waals surface area contributed by atoms with Gasteiger partial charge in [0.15, 0.2) is 5.69 Å². The van der Waals surface area contributed by atoms with Crippen molar-refractivity contribution < 1.29 is 4.79 Å². The van der Waals surface area contributed by atoms with Crippen LogP contribution in [0, 0.1) is 0 Å². The molecule has 0 aliphatic carbocycles. The first kappa shape index (κ1) is 13.5. The summed E-state index contributed by atoms with van der Waals surface area (Å²) >= 11 is 0. The summed E-state index contributed by atoms with van der Waals surface area (Å²) < 4.78 is 1.53. The Bertz CT molecular complexity index is 385. The summed E-state index contributed by atoms with van der Waals surface area (Å²) in [6.45, 7) is 5.61. The molecule has 0 bridgehead atoms. The van der Waals surface area contributed by atoms with E-state index in [1.807, 2.05) is 7.05 Å². The number of carbonyl (C=O) groups is 1. The highest BCUT2D eigenvalue weighted by atomic mass is 16.2. The standard InChI is InChI=1S/C11H21N5O/c1-8(2)15(3)6-5-13-11(17)10-9(12)7-16(4)14-10/h7-8H,5-6,12H2,1-4H3,(H,13,17). The minimum Gasteiger partial charge on any atom is -0.396 e. The maximum absolute atomic E-state index is 11.7. The highest BCUT2D eigenvalue weighted by Gasteiger charge is 2.13. The van der Waals surface area contributed by atoms with Crippen LogP contribution in [0.1, 0.15) is 24.3 Å². The van der Waals surface area contributed by atoms with E-state index in [9.17, 15) is 4.79 Å². The lowest BCUT2D eigenvalue weighted by Crippen LogP contribution is -2.36. The summed E-state index contributed by atoms with van der Waals surface area (Å²) in [4.78, 5) is 13.9. The second-order valence-electron chi connectivity index (χ2n) is 4.44. The van der Waals surface area contributed by atoms with Gasteiger partial charge in [-0.3, -0.25) is 9.48 Å². The highest BCUT2D eigenvalue weighted by molar-refractivity contribution is 5.96. The fourth-order valence-corrected chi connectivity index (χ4v) is 1.37. The number of likely N-dealkylation sites (N-methyl/N-ethyl adjacent to an activating group) is 1. The Balaban J connectivity index is 2.43. The molecule has 6 heteroatoms. The minimum atomic E-state index is -0.222. The quantitative estimate of drug-likeness (QED) is 0.762. The molecule has 1 rings (SSSR count). The zero-order chi connectivity index (χ0) is 13.0. The third kappa shape index (κ3) is 3.74. The van der Waals surface area contributed by atoms with Crippen LogP contribution in [0.3, 0.4) is 0 Å². The van der Waals surface area contributed by atoms with Gasteiger partial charge in [-0.15, -0.1) is 0 Å². The van der Waals surface area contributed by atoms with Crippen LogP contribution in [-0.2, 0) is 7.05 Å². The van der Waals surface area contributed by atoms with Gasteiger partial charge in [-0.05, 0) is 20.9 Å². The van der Waals surface area contributed by atoms with E-state index >= 15 is 0 Å². The monoisotopic (exact) mass is 239 g/mol. The fraction of sp³-hybridized carbons (Fsp3) is 0.636. The Hall–Kier alpha value is -1.56. The molecule has 0 saturated carbocycles. The van der Waals surface area contributed by atoms with Gasteiger partial charge in [0.2, 0.25) is 0 Å². The van der Waals surface area contributed by atoms with Crippen molar-refractivity contribution in [1.82, 2.24) is 20.0 Å². The van der Waals surface area contributed by atoms with Crippen molar-refractivity contribution in [2.24, 2.45) is 7.05 Å². The molecule has 0 saturated heterocycles. The molecule has 6 nitrogen and oxygen atoms in total. The zero-order valence-electron chi connectivity index (χ0n) is 10.9. The molecule has 0 aliphatic rings. The number of hydrogen-bond acceptors (Lipinski definition) is 4. The van der Waals surface area contributed by atoms with Gasteiger partial charge in [-0.1, -0.05) is 0 Å². The third-order valence-electron chi connectivity index (χ3n) is 2.70. The van der Waals surface area contributed by atoms with E-state index in [4.69, 9.17) is 5.73 Å². The number of nitrogens with zero attached hydrogens (tertiary/aromatic N) is 3. The molecule has 96 valence electrons. The summed E-state index contributed by atoms with van der Waals surface area (Å²) in [5, 5.41) is 6.81. The summed E-state index contributed by atoms with van der Waals surface area (Å²) in [5.74, 6) is -0.222. The summed E-state index contributed by atoms with van der Waals surface area (Å²) in [5.41, 5.74) is 6.36. The van der Waals surface area contributed by atoms with Crippen molar-refractivity contribution >= 4 is 11.6 Å². The Morgan fingerprint density at radius 3 is 2.76 bits per heavy atom. The highest BCUT2D eigenvalue weighted by Crippen LogP contribution is 2.07. The van der Waals surface area contributed by atoms with Gasteiger partial charge in [-0.25, -0.2) is 0 Å². The van der Waals surface area contributed by atoms with Crippen molar-refractivity contribution in [3.05, 3.63) is 11.9 Å². The van der Waals surface area contributed by atoms with Crippen LogP contribution >= 0.6 is 0 Å². The van der Waals surface area contributed by atoms with E-state index in [0.29, 0.717) is 24.0 Å². The first-order valence-corrected chi connectivity index (χ1v) is 5.69. The Morgan fingerprint density at radius 2 is 2.29 bits per heavy atom. The SMILES string of the molecule is CC(C)N(C)CCNC(=O)c1nn(C)cc1N. The largest absolute Gasteiger partial charge is 0.396 e. The number of nitrogens with one attached hydrogen (secondary N) is 1. The Labute approximate surface area is 102 Å². The van der Waals surface area contributed by atoms with Gasteiger partial charge in [-0.2, -0.15) is 5.10 Å². The molecule has 0 aromatic carbocycles. The lowest BCUT2D eigenvalue weighted by atomic mass is 10.3. The molecule has 17 heavy (non-hydrogen) atoms. The molecule has 0 fully saturated rings. The number of hydrogen-bond donors (Lipinski definition) is 2. The maximum atomic E-state index is 11.7. The van der Waals surface area contributed by atoms with Crippen LogP contribution in [0.25, 0.3) is 0 Å². The lowest BCUT2D eigenvalue weighted by Gasteiger charge is -2.20. The third-order valence-corrected chi connectivity index (χ3v) is 2.70. The van der Waals surface area contributed by atoms with Crippen LogP contribution in [0.5, 0.6) is 0 Å². The normalized spacial score (nSPS) is 11.2. The average molecular weight is 239 g/mol. The van der Waals surface area contributed by atoms with Gasteiger partial charge < -0.3 is 16.0 Å². The Kier molecular flexibility index (Phi) is 4.51. The van der Waals surface area contributed by atoms with E-state index in [1.165, 1.54) is 4.68 Å². The van der Waals surface area contributed by atoms with Gasteiger partial charge in [0.25, 0.3) is 5.91 Å². The van der Waals surface area contributed by atoms with Crippen LogP contribution < -0.4 is 11.1 Å². The molecule has 0 atom stereocenters. The Morgan fingerprint density at radius 1 is 1.65 bits per heavy atom. The van der Waals surface area contributed by atoms with Gasteiger partial charge in [0, 0.05) is 32.4 Å². The van der Waals surface area contributed by atoms with Crippen LogP contribution in [0.2, 0.25) is 0 Å². The molecule has 1 heterocycles. The number of aromatic nitrogens is 2. The molecular formula is C11H21N5O. The summed E-state index contributed by atoms with van der Waals surface area (Å²) in [6.07, 6.45) is 1.62. The van der Waals surface area contributed by atoms with Gasteiger partial charge in [0.05, 0.1) is 5.69 Å². The zero-order valence-corrected chi connectivity index (χ0v) is 10.9. The number of rotatable bonds is 5. The number of amides is 1. The molecule has 1 aromatic heterocycles. The molecule has 1 aromatic rings. The summed E-state index contributed by atoms with van der Waals surface area (Å²) in [6, 6.07) is 0.465. The maximum Gasteiger partial charge on any atom is 0.273 e. The van der Waals surface area contributed by atoms with Crippen LogP contribution in [0.4, 0.5) is 5.69 Å². The first-order valence-electron chi connectivity index (χ1n) is 5.69. The van der Waals surface area contributed by atoms with Crippen molar-refractivity contribution in [3.8, 4) is 0 Å². The molecule has 1 amide bonds. The van der Waals surface area contributed by atoms with Crippen molar-refractivity contribution in [3.63, 3.8) is 0 Å². The molecule has 3 N–H and O–H groups in total. The number of nitrogen functional groups attached to an aromatic ring is 1. The number of anilines is 1. The molecule has 0 spiro atoms. The minimum absolute atomic E-state index is 0.222. The van der Waals surface area contributed by atoms with Crippen molar-refractivity contribution in [1.29, 1.82) is 0 Å². The van der Waals surface area contributed by atoms with Crippen LogP contribution in [-0.4, -0.2) is 46.8 Å². The van der Waals surface area contributed by atoms with Gasteiger partial charge in [0.1, 0.15) is 0 Å². The van der Waals surface area contributed by atoms with Crippen molar-refractivity contribution in [2.45, 2.75) is 19.9 Å². The van der Waals surface area contributed by atoms with Crippen LogP contribution in [0.15, 0.2) is 6.20 Å². The van der Waals surface area contributed by atoms with E-state index in [1.54, 1.807) is 13.2 Å². The molecule has 0 aliphatic heterocycles. The second kappa shape index (κ2) is 5.67. The van der Waals surface area contributed by atoms with E-state index in [-0.39, 0.29) is 5.91 Å². The van der Waals surface area contributed by atoms with Crippen molar-refractivity contribution in [2.75, 3.05) is 25.9 Å². The smallest absolute Gasteiger partial charge is 0.273 e. The van der Waals surface area contributed by atoms with E-state index in [0.717, 1.165) is 6.54 Å². The van der Waals surface area contributed by atoms with Gasteiger partial charge >= 0.3 is 0 Å². The molecule has 0 unspecified atom stereocenters. The molecular weight excluding hydrogens is 218 g/mol.